The van der Waals surface area contributed by atoms with E-state index in [0.717, 1.165) is 37.5 Å². The predicted octanol–water partition coefficient (Wildman–Crippen LogP) is 2.77. The molecule has 6 heteroatoms. The van der Waals surface area contributed by atoms with Gasteiger partial charge in [0.25, 0.3) is 0 Å². The fourth-order valence-corrected chi connectivity index (χ4v) is 1.96. The molecule has 1 aromatic carbocycles. The van der Waals surface area contributed by atoms with Crippen molar-refractivity contribution < 1.29 is 23.5 Å². The smallest absolute Gasteiger partial charge is 0.305 e. The van der Waals surface area contributed by atoms with Crippen molar-refractivity contribution in [3.63, 3.8) is 0 Å². The van der Waals surface area contributed by atoms with Gasteiger partial charge in [0, 0.05) is 0 Å². The largest absolute Gasteiger partial charge is 0.481 e. The number of unbranched alkanes of at least 4 members (excludes halogenated alkanes) is 2. The van der Waals surface area contributed by atoms with E-state index in [1.165, 1.54) is 0 Å². The number of ketones is 1. The van der Waals surface area contributed by atoms with Gasteiger partial charge in [0.2, 0.25) is 0 Å². The molecule has 1 rings (SSSR count). The number of nitrogens with one attached hydrogen (secondary N) is 1. The van der Waals surface area contributed by atoms with E-state index < -0.39 is 41.4 Å². The van der Waals surface area contributed by atoms with Crippen LogP contribution in [0.2, 0.25) is 0 Å². The SMILES string of the molecule is CCCCCNC(CC(=O)O)C(=O)c1cc(F)ccc1F. The zero-order valence-electron chi connectivity index (χ0n) is 11.9. The molecule has 0 aromatic heterocycles. The van der Waals surface area contributed by atoms with Crippen molar-refractivity contribution in [1.82, 2.24) is 5.32 Å². The van der Waals surface area contributed by atoms with Crippen LogP contribution in [0.1, 0.15) is 43.0 Å². The number of carboxylic acid groups (broad SMARTS) is 1. The minimum absolute atomic E-state index is 0.427. The highest BCUT2D eigenvalue weighted by Gasteiger charge is 2.25. The molecule has 0 amide bonds. The van der Waals surface area contributed by atoms with E-state index in [1.807, 2.05) is 6.92 Å². The van der Waals surface area contributed by atoms with E-state index in [-0.39, 0.29) is 0 Å². The lowest BCUT2D eigenvalue weighted by Gasteiger charge is -2.16. The summed E-state index contributed by atoms with van der Waals surface area (Å²) < 4.78 is 26.7. The van der Waals surface area contributed by atoms with Crippen molar-refractivity contribution in [1.29, 1.82) is 0 Å². The monoisotopic (exact) mass is 299 g/mol. The molecule has 0 saturated carbocycles. The maximum atomic E-state index is 13.6. The number of aliphatic carboxylic acids is 1. The number of rotatable bonds is 9. The Kier molecular flexibility index (Phi) is 6.94. The molecule has 4 nitrogen and oxygen atoms in total. The highest BCUT2D eigenvalue weighted by molar-refractivity contribution is 6.01. The van der Waals surface area contributed by atoms with Gasteiger partial charge in [-0.1, -0.05) is 19.8 Å². The van der Waals surface area contributed by atoms with Crippen molar-refractivity contribution in [3.8, 4) is 0 Å². The van der Waals surface area contributed by atoms with E-state index in [2.05, 4.69) is 5.32 Å². The Morgan fingerprint density at radius 1 is 1.29 bits per heavy atom. The lowest BCUT2D eigenvalue weighted by atomic mass is 10.0. The van der Waals surface area contributed by atoms with Crippen LogP contribution in [0.4, 0.5) is 8.78 Å². The summed E-state index contributed by atoms with van der Waals surface area (Å²) in [5.41, 5.74) is -0.427. The summed E-state index contributed by atoms with van der Waals surface area (Å²) in [5, 5.41) is 11.7. The molecule has 0 aliphatic heterocycles. The number of carbonyl (C=O) groups excluding carboxylic acids is 1. The Morgan fingerprint density at radius 2 is 2.00 bits per heavy atom. The first-order valence-electron chi connectivity index (χ1n) is 6.90. The van der Waals surface area contributed by atoms with E-state index in [9.17, 15) is 18.4 Å². The highest BCUT2D eigenvalue weighted by atomic mass is 19.1. The molecular formula is C15H19F2NO3. The van der Waals surface area contributed by atoms with Crippen molar-refractivity contribution in [2.75, 3.05) is 6.54 Å². The summed E-state index contributed by atoms with van der Waals surface area (Å²) in [5.74, 6) is -3.51. The topological polar surface area (TPSA) is 66.4 Å². The summed E-state index contributed by atoms with van der Waals surface area (Å²) in [6.07, 6.45) is 2.24. The number of benzene rings is 1. The normalized spacial score (nSPS) is 12.1. The fourth-order valence-electron chi connectivity index (χ4n) is 1.96. The van der Waals surface area contributed by atoms with Gasteiger partial charge >= 0.3 is 5.97 Å². The average Bonchev–Trinajstić information content (AvgIpc) is 2.43. The van der Waals surface area contributed by atoms with Crippen LogP contribution >= 0.6 is 0 Å². The standard InChI is InChI=1S/C15H19F2NO3/c1-2-3-4-7-18-13(9-14(19)20)15(21)11-8-10(16)5-6-12(11)17/h5-6,8,13,18H,2-4,7,9H2,1H3,(H,19,20). The van der Waals surface area contributed by atoms with E-state index in [1.54, 1.807) is 0 Å². The number of Topliss-reactive ketones (excluding diaryl/α,β-unsaturated/α-hetero) is 1. The van der Waals surface area contributed by atoms with Gasteiger partial charge in [-0.05, 0) is 31.2 Å². The Hall–Kier alpha value is -1.82. The summed E-state index contributed by atoms with van der Waals surface area (Å²) >= 11 is 0. The summed E-state index contributed by atoms with van der Waals surface area (Å²) in [6.45, 7) is 2.47. The molecule has 21 heavy (non-hydrogen) atoms. The first-order chi connectivity index (χ1) is 9.95. The molecule has 0 spiro atoms. The van der Waals surface area contributed by atoms with E-state index in [4.69, 9.17) is 5.11 Å². The Morgan fingerprint density at radius 3 is 2.62 bits per heavy atom. The van der Waals surface area contributed by atoms with Gasteiger partial charge in [0.1, 0.15) is 11.6 Å². The van der Waals surface area contributed by atoms with Crippen LogP contribution in [-0.2, 0) is 4.79 Å². The van der Waals surface area contributed by atoms with Crippen LogP contribution in [-0.4, -0.2) is 29.4 Å². The van der Waals surface area contributed by atoms with Crippen LogP contribution in [0.15, 0.2) is 18.2 Å². The van der Waals surface area contributed by atoms with Gasteiger partial charge in [0.05, 0.1) is 18.0 Å². The zero-order valence-corrected chi connectivity index (χ0v) is 11.9. The van der Waals surface area contributed by atoms with Gasteiger partial charge in [-0.15, -0.1) is 0 Å². The number of halogens is 2. The van der Waals surface area contributed by atoms with Gasteiger partial charge < -0.3 is 10.4 Å². The second-order valence-corrected chi connectivity index (χ2v) is 4.80. The first kappa shape index (κ1) is 17.2. The molecule has 2 N–H and O–H groups in total. The van der Waals surface area contributed by atoms with Crippen LogP contribution in [0.5, 0.6) is 0 Å². The molecule has 1 aromatic rings. The van der Waals surface area contributed by atoms with Crippen molar-refractivity contribution in [2.45, 2.75) is 38.6 Å². The molecule has 1 atom stereocenters. The number of hydrogen-bond donors (Lipinski definition) is 2. The van der Waals surface area contributed by atoms with E-state index >= 15 is 0 Å². The first-order valence-corrected chi connectivity index (χ1v) is 6.90. The third-order valence-corrected chi connectivity index (χ3v) is 3.06. The Bertz CT molecular complexity index is 506. The quantitative estimate of drug-likeness (QED) is 0.543. The zero-order chi connectivity index (χ0) is 15.8. The lowest BCUT2D eigenvalue weighted by Crippen LogP contribution is -2.39. The highest BCUT2D eigenvalue weighted by Crippen LogP contribution is 2.13. The number of carboxylic acids is 1. The molecule has 0 saturated heterocycles. The molecule has 1 unspecified atom stereocenters. The second-order valence-electron chi connectivity index (χ2n) is 4.80. The minimum atomic E-state index is -1.17. The number of carbonyl (C=O) groups is 2. The maximum absolute atomic E-state index is 13.6. The van der Waals surface area contributed by atoms with Crippen LogP contribution in [0, 0.1) is 11.6 Å². The Balaban J connectivity index is 2.83. The van der Waals surface area contributed by atoms with E-state index in [0.29, 0.717) is 6.54 Å². The fraction of sp³-hybridized carbons (Fsp3) is 0.467. The van der Waals surface area contributed by atoms with Gasteiger partial charge in [-0.25, -0.2) is 8.78 Å². The second kappa shape index (κ2) is 8.46. The Labute approximate surface area is 122 Å². The number of hydrogen-bond acceptors (Lipinski definition) is 3. The molecule has 0 heterocycles. The minimum Gasteiger partial charge on any atom is -0.481 e. The van der Waals surface area contributed by atoms with Crippen molar-refractivity contribution in [3.05, 3.63) is 35.4 Å². The lowest BCUT2D eigenvalue weighted by molar-refractivity contribution is -0.137. The average molecular weight is 299 g/mol. The molecule has 0 aliphatic carbocycles. The van der Waals surface area contributed by atoms with Gasteiger partial charge in [-0.3, -0.25) is 9.59 Å². The molecule has 0 fully saturated rings. The summed E-state index contributed by atoms with van der Waals surface area (Å²) in [7, 11) is 0. The maximum Gasteiger partial charge on any atom is 0.305 e. The van der Waals surface area contributed by atoms with Gasteiger partial charge in [0.15, 0.2) is 5.78 Å². The van der Waals surface area contributed by atoms with Crippen molar-refractivity contribution >= 4 is 11.8 Å². The molecule has 0 radical (unpaired) electrons. The van der Waals surface area contributed by atoms with Crippen LogP contribution in [0.3, 0.4) is 0 Å². The molecule has 0 aliphatic rings. The molecule has 0 bridgehead atoms. The summed E-state index contributed by atoms with van der Waals surface area (Å²) in [6, 6.07) is 1.50. The third kappa shape index (κ3) is 5.59. The van der Waals surface area contributed by atoms with Crippen LogP contribution < -0.4 is 5.32 Å². The van der Waals surface area contributed by atoms with Gasteiger partial charge in [-0.2, -0.15) is 0 Å². The summed E-state index contributed by atoms with van der Waals surface area (Å²) in [4.78, 5) is 23.0. The van der Waals surface area contributed by atoms with Crippen LogP contribution in [0.25, 0.3) is 0 Å². The molecular weight excluding hydrogens is 280 g/mol. The molecule has 116 valence electrons. The third-order valence-electron chi connectivity index (χ3n) is 3.06. The predicted molar refractivity (Wildman–Crippen MR) is 74.3 cm³/mol. The van der Waals surface area contributed by atoms with Crippen molar-refractivity contribution in [2.24, 2.45) is 0 Å².